The van der Waals surface area contributed by atoms with E-state index in [1.54, 1.807) is 12.1 Å². The Kier molecular flexibility index (Phi) is 4.80. The SMILES string of the molecule is COc1cc(N2CCN([C@@H](C)CC#N)CC2)ccc1F. The van der Waals surface area contributed by atoms with Crippen LogP contribution in [0.25, 0.3) is 0 Å². The number of nitrogens with zero attached hydrogens (tertiary/aromatic N) is 3. The van der Waals surface area contributed by atoms with Crippen LogP contribution < -0.4 is 9.64 Å². The largest absolute Gasteiger partial charge is 0.494 e. The van der Waals surface area contributed by atoms with E-state index in [-0.39, 0.29) is 11.6 Å². The molecule has 1 atom stereocenters. The lowest BCUT2D eigenvalue weighted by Gasteiger charge is -2.38. The predicted octanol–water partition coefficient (Wildman–Crippen LogP) is 2.26. The summed E-state index contributed by atoms with van der Waals surface area (Å²) in [6, 6.07) is 7.48. The third-order valence-corrected chi connectivity index (χ3v) is 3.82. The molecule has 0 bridgehead atoms. The van der Waals surface area contributed by atoms with Crippen LogP contribution in [0, 0.1) is 17.1 Å². The molecular weight excluding hydrogens is 257 g/mol. The number of benzene rings is 1. The first kappa shape index (κ1) is 14.6. The third kappa shape index (κ3) is 3.20. The zero-order valence-electron chi connectivity index (χ0n) is 12.0. The van der Waals surface area contributed by atoms with Crippen molar-refractivity contribution in [3.63, 3.8) is 0 Å². The zero-order chi connectivity index (χ0) is 14.5. The number of ether oxygens (including phenoxy) is 1. The fourth-order valence-electron chi connectivity index (χ4n) is 2.53. The summed E-state index contributed by atoms with van der Waals surface area (Å²) in [5.74, 6) is -0.0553. The quantitative estimate of drug-likeness (QED) is 0.846. The number of methoxy groups -OCH3 is 1. The Morgan fingerprint density at radius 1 is 1.35 bits per heavy atom. The lowest BCUT2D eigenvalue weighted by atomic mass is 10.1. The predicted molar refractivity (Wildman–Crippen MR) is 76.4 cm³/mol. The first-order chi connectivity index (χ1) is 9.65. The van der Waals surface area contributed by atoms with Crippen molar-refractivity contribution >= 4 is 5.69 Å². The Labute approximate surface area is 119 Å². The highest BCUT2D eigenvalue weighted by molar-refractivity contribution is 5.51. The first-order valence-electron chi connectivity index (χ1n) is 6.85. The molecule has 0 amide bonds. The van der Waals surface area contributed by atoms with E-state index in [1.165, 1.54) is 13.2 Å². The molecule has 1 aliphatic heterocycles. The molecule has 0 aliphatic carbocycles. The number of piperazine rings is 1. The van der Waals surface area contributed by atoms with Crippen LogP contribution in [0.15, 0.2) is 18.2 Å². The summed E-state index contributed by atoms with van der Waals surface area (Å²) in [7, 11) is 1.48. The van der Waals surface area contributed by atoms with Crippen LogP contribution in [-0.4, -0.2) is 44.2 Å². The smallest absolute Gasteiger partial charge is 0.165 e. The molecule has 1 fully saturated rings. The highest BCUT2D eigenvalue weighted by Crippen LogP contribution is 2.25. The van der Waals surface area contributed by atoms with E-state index in [1.807, 2.05) is 0 Å². The van der Waals surface area contributed by atoms with Gasteiger partial charge in [0, 0.05) is 44.0 Å². The van der Waals surface area contributed by atoms with Gasteiger partial charge in [0.2, 0.25) is 0 Å². The summed E-state index contributed by atoms with van der Waals surface area (Å²) < 4.78 is 18.4. The second kappa shape index (κ2) is 6.58. The van der Waals surface area contributed by atoms with E-state index >= 15 is 0 Å². The number of hydrogen-bond acceptors (Lipinski definition) is 4. The van der Waals surface area contributed by atoms with Gasteiger partial charge in [0.15, 0.2) is 11.6 Å². The number of rotatable bonds is 4. The van der Waals surface area contributed by atoms with E-state index in [0.717, 1.165) is 31.9 Å². The number of anilines is 1. The van der Waals surface area contributed by atoms with Gasteiger partial charge < -0.3 is 9.64 Å². The van der Waals surface area contributed by atoms with Gasteiger partial charge in [-0.1, -0.05) is 0 Å². The normalized spacial score (nSPS) is 17.6. The summed E-state index contributed by atoms with van der Waals surface area (Å²) in [6.45, 7) is 5.68. The maximum absolute atomic E-state index is 13.4. The van der Waals surface area contributed by atoms with Gasteiger partial charge in [-0.2, -0.15) is 5.26 Å². The molecule has 1 aromatic carbocycles. The molecule has 1 saturated heterocycles. The summed E-state index contributed by atoms with van der Waals surface area (Å²) in [4.78, 5) is 4.54. The molecule has 2 rings (SSSR count). The fourth-order valence-corrected chi connectivity index (χ4v) is 2.53. The Morgan fingerprint density at radius 2 is 2.05 bits per heavy atom. The van der Waals surface area contributed by atoms with E-state index in [0.29, 0.717) is 12.5 Å². The summed E-state index contributed by atoms with van der Waals surface area (Å²) in [6.07, 6.45) is 0.560. The molecule has 1 aliphatic rings. The second-order valence-electron chi connectivity index (χ2n) is 5.05. The average molecular weight is 277 g/mol. The Balaban J connectivity index is 1.99. The minimum atomic E-state index is -0.336. The van der Waals surface area contributed by atoms with Crippen LogP contribution in [0.5, 0.6) is 5.75 Å². The van der Waals surface area contributed by atoms with Gasteiger partial charge in [0.25, 0.3) is 0 Å². The molecule has 5 heteroatoms. The Bertz CT molecular complexity index is 492. The van der Waals surface area contributed by atoms with Gasteiger partial charge in [0.05, 0.1) is 19.6 Å². The molecule has 4 nitrogen and oxygen atoms in total. The van der Waals surface area contributed by atoms with Crippen molar-refractivity contribution in [3.05, 3.63) is 24.0 Å². The average Bonchev–Trinajstić information content (AvgIpc) is 2.48. The van der Waals surface area contributed by atoms with Crippen LogP contribution in [0.2, 0.25) is 0 Å². The van der Waals surface area contributed by atoms with Gasteiger partial charge >= 0.3 is 0 Å². The standard InChI is InChI=1S/C15H20FN3O/c1-12(5-6-17)18-7-9-19(10-8-18)13-3-4-14(16)15(11-13)20-2/h3-4,11-12H,5,7-10H2,1-2H3/t12-/m0/s1. The van der Waals surface area contributed by atoms with E-state index < -0.39 is 0 Å². The van der Waals surface area contributed by atoms with Crippen LogP contribution in [0.3, 0.4) is 0 Å². The molecular formula is C15H20FN3O. The van der Waals surface area contributed by atoms with Crippen molar-refractivity contribution in [1.82, 2.24) is 4.90 Å². The second-order valence-corrected chi connectivity index (χ2v) is 5.05. The summed E-state index contributed by atoms with van der Waals surface area (Å²) >= 11 is 0. The minimum absolute atomic E-state index is 0.280. The first-order valence-corrected chi connectivity index (χ1v) is 6.85. The van der Waals surface area contributed by atoms with E-state index in [9.17, 15) is 4.39 Å². The van der Waals surface area contributed by atoms with Crippen LogP contribution in [0.4, 0.5) is 10.1 Å². The molecule has 0 aromatic heterocycles. The van der Waals surface area contributed by atoms with Crippen molar-refractivity contribution < 1.29 is 9.13 Å². The Hall–Kier alpha value is -1.80. The molecule has 20 heavy (non-hydrogen) atoms. The highest BCUT2D eigenvalue weighted by atomic mass is 19.1. The van der Waals surface area contributed by atoms with Gasteiger partial charge in [-0.15, -0.1) is 0 Å². The van der Waals surface area contributed by atoms with E-state index in [2.05, 4.69) is 22.8 Å². The molecule has 0 spiro atoms. The van der Waals surface area contributed by atoms with Crippen molar-refractivity contribution in [1.29, 1.82) is 5.26 Å². The van der Waals surface area contributed by atoms with Crippen molar-refractivity contribution in [2.75, 3.05) is 38.2 Å². The van der Waals surface area contributed by atoms with Crippen LogP contribution in [0.1, 0.15) is 13.3 Å². The summed E-state index contributed by atoms with van der Waals surface area (Å²) in [5.41, 5.74) is 0.982. The molecule has 1 aromatic rings. The lowest BCUT2D eigenvalue weighted by molar-refractivity contribution is 0.199. The van der Waals surface area contributed by atoms with Gasteiger partial charge in [-0.25, -0.2) is 4.39 Å². The van der Waals surface area contributed by atoms with Crippen LogP contribution >= 0.6 is 0 Å². The monoisotopic (exact) mass is 277 g/mol. The number of hydrogen-bond donors (Lipinski definition) is 0. The van der Waals surface area contributed by atoms with Crippen LogP contribution in [-0.2, 0) is 0 Å². The number of nitriles is 1. The Morgan fingerprint density at radius 3 is 2.65 bits per heavy atom. The molecule has 0 N–H and O–H groups in total. The van der Waals surface area contributed by atoms with Crippen molar-refractivity contribution in [2.45, 2.75) is 19.4 Å². The van der Waals surface area contributed by atoms with Gasteiger partial charge in [-0.3, -0.25) is 4.90 Å². The topological polar surface area (TPSA) is 39.5 Å². The molecule has 1 heterocycles. The zero-order valence-corrected chi connectivity index (χ0v) is 12.0. The molecule has 0 unspecified atom stereocenters. The van der Waals surface area contributed by atoms with E-state index in [4.69, 9.17) is 10.00 Å². The lowest BCUT2D eigenvalue weighted by Crippen LogP contribution is -2.49. The minimum Gasteiger partial charge on any atom is -0.494 e. The highest BCUT2D eigenvalue weighted by Gasteiger charge is 2.21. The molecule has 0 radical (unpaired) electrons. The third-order valence-electron chi connectivity index (χ3n) is 3.82. The van der Waals surface area contributed by atoms with Gasteiger partial charge in [-0.05, 0) is 19.1 Å². The number of halogens is 1. The van der Waals surface area contributed by atoms with Crippen molar-refractivity contribution in [3.8, 4) is 11.8 Å². The molecule has 0 saturated carbocycles. The maximum Gasteiger partial charge on any atom is 0.165 e. The van der Waals surface area contributed by atoms with Crippen molar-refractivity contribution in [2.24, 2.45) is 0 Å². The maximum atomic E-state index is 13.4. The fraction of sp³-hybridized carbons (Fsp3) is 0.533. The van der Waals surface area contributed by atoms with Gasteiger partial charge in [0.1, 0.15) is 0 Å². The summed E-state index contributed by atoms with van der Waals surface area (Å²) in [5, 5.41) is 8.74. The molecule has 108 valence electrons.